The number of carbonyl (C=O) groups excluding carboxylic acids is 1. The maximum absolute atomic E-state index is 12.7. The first-order valence-corrected chi connectivity index (χ1v) is 10.4. The maximum atomic E-state index is 12.7. The predicted molar refractivity (Wildman–Crippen MR) is 104 cm³/mol. The molecular weight excluding hydrogens is 380 g/mol. The minimum absolute atomic E-state index is 0.0212. The first kappa shape index (κ1) is 18.4. The number of aliphatic hydroxyl groups is 1. The Morgan fingerprint density at radius 3 is 2.61 bits per heavy atom. The highest BCUT2D eigenvalue weighted by molar-refractivity contribution is 7.91. The number of nitrogens with one attached hydrogen (secondary N) is 1. The topological polar surface area (TPSA) is 107 Å². The lowest BCUT2D eigenvalue weighted by molar-refractivity contribution is -0.120. The standard InChI is InChI=1S/C20H20N2O5S/c23-18-7-3-5-14-4-1-2-6-15(14)16(18)10-13-8-9-17(19(24)11-13)22-12-20(25)21-28(22,26)27/h1-2,4,6,8-9,11-12,16,21,24-25H,3,5,7,10H2. The van der Waals surface area contributed by atoms with Gasteiger partial charge in [-0.25, -0.2) is 9.03 Å². The summed E-state index contributed by atoms with van der Waals surface area (Å²) in [5.41, 5.74) is 2.95. The van der Waals surface area contributed by atoms with Gasteiger partial charge in [-0.2, -0.15) is 8.42 Å². The summed E-state index contributed by atoms with van der Waals surface area (Å²) < 4.78 is 26.7. The smallest absolute Gasteiger partial charge is 0.330 e. The Hall–Kier alpha value is -3.00. The van der Waals surface area contributed by atoms with Crippen molar-refractivity contribution >= 4 is 21.7 Å². The number of aryl methyl sites for hydroxylation is 1. The molecule has 1 aliphatic heterocycles. The minimum Gasteiger partial charge on any atom is -0.506 e. The number of phenols is 1. The predicted octanol–water partition coefficient (Wildman–Crippen LogP) is 2.64. The molecule has 146 valence electrons. The van der Waals surface area contributed by atoms with Gasteiger partial charge >= 0.3 is 10.2 Å². The molecule has 0 saturated carbocycles. The lowest BCUT2D eigenvalue weighted by Gasteiger charge is -2.19. The van der Waals surface area contributed by atoms with Gasteiger partial charge in [0, 0.05) is 12.3 Å². The zero-order valence-corrected chi connectivity index (χ0v) is 15.8. The molecule has 3 N–H and O–H groups in total. The second kappa shape index (κ2) is 6.87. The third-order valence-electron chi connectivity index (χ3n) is 5.14. The van der Waals surface area contributed by atoms with Gasteiger partial charge in [-0.3, -0.25) is 4.79 Å². The zero-order valence-electron chi connectivity index (χ0n) is 15.0. The molecule has 0 fully saturated rings. The van der Waals surface area contributed by atoms with Crippen LogP contribution < -0.4 is 9.03 Å². The summed E-state index contributed by atoms with van der Waals surface area (Å²) in [6, 6.07) is 12.5. The van der Waals surface area contributed by atoms with Crippen LogP contribution in [-0.4, -0.2) is 24.4 Å². The lowest BCUT2D eigenvalue weighted by atomic mass is 9.86. The molecule has 0 amide bonds. The summed E-state index contributed by atoms with van der Waals surface area (Å²) in [5, 5.41) is 19.8. The molecule has 2 aromatic carbocycles. The number of aromatic hydroxyl groups is 1. The molecule has 7 nitrogen and oxygen atoms in total. The minimum atomic E-state index is -3.98. The average molecular weight is 400 g/mol. The Balaban J connectivity index is 1.65. The van der Waals surface area contributed by atoms with Crippen LogP contribution in [0, 0.1) is 0 Å². The molecule has 2 aromatic rings. The highest BCUT2D eigenvalue weighted by Crippen LogP contribution is 2.35. The van der Waals surface area contributed by atoms with Crippen LogP contribution in [0.4, 0.5) is 5.69 Å². The molecule has 0 spiro atoms. The third kappa shape index (κ3) is 3.31. The first-order valence-electron chi connectivity index (χ1n) is 9.00. The second-order valence-electron chi connectivity index (χ2n) is 7.02. The maximum Gasteiger partial charge on any atom is 0.330 e. The van der Waals surface area contributed by atoms with Crippen molar-refractivity contribution in [1.29, 1.82) is 0 Å². The second-order valence-corrected chi connectivity index (χ2v) is 8.56. The number of fused-ring (bicyclic) bond motifs is 1. The van der Waals surface area contributed by atoms with E-state index in [1.807, 2.05) is 29.0 Å². The van der Waals surface area contributed by atoms with Gasteiger partial charge < -0.3 is 10.2 Å². The molecule has 1 aliphatic carbocycles. The van der Waals surface area contributed by atoms with E-state index in [-0.39, 0.29) is 23.1 Å². The van der Waals surface area contributed by atoms with Crippen molar-refractivity contribution in [3.63, 3.8) is 0 Å². The first-order chi connectivity index (χ1) is 13.3. The van der Waals surface area contributed by atoms with Crippen LogP contribution in [0.15, 0.2) is 54.5 Å². The summed E-state index contributed by atoms with van der Waals surface area (Å²) in [6.07, 6.45) is 3.63. The number of nitrogens with zero attached hydrogens (tertiary/aromatic N) is 1. The van der Waals surface area contributed by atoms with E-state index in [2.05, 4.69) is 0 Å². The summed E-state index contributed by atoms with van der Waals surface area (Å²) >= 11 is 0. The number of phenolic OH excluding ortho intramolecular Hbond substituents is 1. The monoisotopic (exact) mass is 400 g/mol. The normalized spacial score (nSPS) is 20.9. The molecule has 0 saturated heterocycles. The van der Waals surface area contributed by atoms with Crippen LogP contribution >= 0.6 is 0 Å². The number of carbonyl (C=O) groups is 1. The van der Waals surface area contributed by atoms with E-state index in [1.165, 1.54) is 17.7 Å². The van der Waals surface area contributed by atoms with Crippen molar-refractivity contribution in [2.45, 2.75) is 31.6 Å². The molecule has 0 radical (unpaired) electrons. The van der Waals surface area contributed by atoms with Crippen molar-refractivity contribution in [2.24, 2.45) is 0 Å². The Morgan fingerprint density at radius 2 is 1.89 bits per heavy atom. The van der Waals surface area contributed by atoms with Gasteiger partial charge in [-0.15, -0.1) is 0 Å². The lowest BCUT2D eigenvalue weighted by Crippen LogP contribution is -2.29. The molecule has 1 heterocycles. The molecule has 0 aromatic heterocycles. The van der Waals surface area contributed by atoms with Gasteiger partial charge in [-0.1, -0.05) is 30.3 Å². The third-order valence-corrected chi connectivity index (χ3v) is 6.42. The number of anilines is 1. The van der Waals surface area contributed by atoms with Crippen molar-refractivity contribution in [1.82, 2.24) is 4.72 Å². The van der Waals surface area contributed by atoms with E-state index >= 15 is 0 Å². The number of hydrogen-bond acceptors (Lipinski definition) is 5. The van der Waals surface area contributed by atoms with Crippen molar-refractivity contribution in [3.05, 3.63) is 71.2 Å². The summed E-state index contributed by atoms with van der Waals surface area (Å²) in [5.74, 6) is -0.884. The molecule has 1 unspecified atom stereocenters. The summed E-state index contributed by atoms with van der Waals surface area (Å²) in [7, 11) is -3.98. The van der Waals surface area contributed by atoms with E-state index in [0.717, 1.165) is 34.5 Å². The Morgan fingerprint density at radius 1 is 1.11 bits per heavy atom. The molecule has 0 bridgehead atoms. The molecule has 4 rings (SSSR count). The molecular formula is C20H20N2O5S. The van der Waals surface area contributed by atoms with Crippen LogP contribution in [0.1, 0.15) is 35.4 Å². The fourth-order valence-corrected chi connectivity index (χ4v) is 4.90. The van der Waals surface area contributed by atoms with Crippen LogP contribution in [0.5, 0.6) is 5.75 Å². The number of benzene rings is 2. The largest absolute Gasteiger partial charge is 0.506 e. The van der Waals surface area contributed by atoms with E-state index in [0.29, 0.717) is 12.8 Å². The number of hydrogen-bond donors (Lipinski definition) is 3. The van der Waals surface area contributed by atoms with Gasteiger partial charge in [0.2, 0.25) is 5.88 Å². The van der Waals surface area contributed by atoms with E-state index in [1.54, 1.807) is 6.07 Å². The van der Waals surface area contributed by atoms with Gasteiger partial charge in [-0.05, 0) is 48.1 Å². The molecule has 2 aliphatic rings. The molecule has 8 heteroatoms. The van der Waals surface area contributed by atoms with E-state index in [9.17, 15) is 23.4 Å². The van der Waals surface area contributed by atoms with Crippen LogP contribution in [-0.2, 0) is 27.8 Å². The SMILES string of the molecule is O=C1CCCc2ccccc2C1Cc1ccc(N2C=C(O)NS2(=O)=O)c(O)c1. The fraction of sp³-hybridized carbons (Fsp3) is 0.250. The fourth-order valence-electron chi connectivity index (χ4n) is 3.83. The van der Waals surface area contributed by atoms with Crippen LogP contribution in [0.25, 0.3) is 0 Å². The van der Waals surface area contributed by atoms with Crippen LogP contribution in [0.3, 0.4) is 0 Å². The zero-order chi connectivity index (χ0) is 19.9. The Bertz CT molecular complexity index is 1080. The average Bonchev–Trinajstić information content (AvgIpc) is 2.82. The van der Waals surface area contributed by atoms with Crippen molar-refractivity contribution in [3.8, 4) is 5.75 Å². The van der Waals surface area contributed by atoms with E-state index < -0.39 is 16.1 Å². The molecule has 28 heavy (non-hydrogen) atoms. The van der Waals surface area contributed by atoms with Gasteiger partial charge in [0.1, 0.15) is 17.2 Å². The number of aliphatic hydroxyl groups excluding tert-OH is 1. The van der Waals surface area contributed by atoms with Crippen molar-refractivity contribution < 1.29 is 23.4 Å². The van der Waals surface area contributed by atoms with Gasteiger partial charge in [0.05, 0.1) is 6.20 Å². The summed E-state index contributed by atoms with van der Waals surface area (Å²) in [6.45, 7) is 0. The number of Topliss-reactive ketones (excluding diaryl/α,β-unsaturated/α-hetero) is 1. The Labute approximate surface area is 163 Å². The van der Waals surface area contributed by atoms with Crippen LogP contribution in [0.2, 0.25) is 0 Å². The van der Waals surface area contributed by atoms with Gasteiger partial charge in [0.25, 0.3) is 0 Å². The summed E-state index contributed by atoms with van der Waals surface area (Å²) in [4.78, 5) is 12.7. The highest BCUT2D eigenvalue weighted by atomic mass is 32.2. The molecule has 1 atom stereocenters. The Kier molecular flexibility index (Phi) is 4.50. The van der Waals surface area contributed by atoms with Gasteiger partial charge in [0.15, 0.2) is 0 Å². The van der Waals surface area contributed by atoms with E-state index in [4.69, 9.17) is 0 Å². The highest BCUT2D eigenvalue weighted by Gasteiger charge is 2.31. The number of ketones is 1. The number of rotatable bonds is 3. The van der Waals surface area contributed by atoms with Crippen molar-refractivity contribution in [2.75, 3.05) is 4.31 Å². The quantitative estimate of drug-likeness (QED) is 0.687.